The topological polar surface area (TPSA) is 24.9 Å². The van der Waals surface area contributed by atoms with Gasteiger partial charge in [0, 0.05) is 5.54 Å². The number of fused-ring (bicyclic) bond motifs is 1. The lowest BCUT2D eigenvalue weighted by Gasteiger charge is -2.41. The van der Waals surface area contributed by atoms with Crippen LogP contribution in [0.3, 0.4) is 0 Å². The number of rotatable bonds is 3. The van der Waals surface area contributed by atoms with Crippen LogP contribution in [-0.2, 0) is 6.18 Å². The Morgan fingerprint density at radius 1 is 1.35 bits per heavy atom. The van der Waals surface area contributed by atoms with E-state index in [9.17, 15) is 13.2 Å². The molecule has 0 saturated heterocycles. The lowest BCUT2D eigenvalue weighted by Crippen LogP contribution is -2.44. The molecule has 1 heterocycles. The average molecular weight is 300 g/mol. The van der Waals surface area contributed by atoms with E-state index in [0.29, 0.717) is 5.52 Å². The Hall–Kier alpha value is -1.30. The molecule has 1 aromatic carbocycles. The van der Waals surface area contributed by atoms with Crippen LogP contribution >= 0.6 is 11.3 Å². The number of aromatic nitrogens is 1. The summed E-state index contributed by atoms with van der Waals surface area (Å²) in [7, 11) is 0. The maximum absolute atomic E-state index is 12.7. The zero-order valence-corrected chi connectivity index (χ0v) is 11.9. The molecule has 0 spiro atoms. The number of nitrogens with zero attached hydrogens (tertiary/aromatic N) is 1. The molecule has 1 saturated carbocycles. The summed E-state index contributed by atoms with van der Waals surface area (Å²) in [5.74, 6) is 0. The molecule has 1 fully saturated rings. The molecule has 1 N–H and O–H groups in total. The number of alkyl halides is 3. The molecule has 0 aliphatic heterocycles. The summed E-state index contributed by atoms with van der Waals surface area (Å²) in [4.78, 5) is 4.31. The van der Waals surface area contributed by atoms with Crippen LogP contribution in [0.2, 0.25) is 0 Å². The summed E-state index contributed by atoms with van der Waals surface area (Å²) in [6.07, 6.45) is 0.102. The smallest absolute Gasteiger partial charge is 0.356 e. The minimum Gasteiger partial charge on any atom is -0.356 e. The summed E-state index contributed by atoms with van der Waals surface area (Å²) >= 11 is 1.42. The van der Waals surface area contributed by atoms with E-state index in [1.165, 1.54) is 23.8 Å². The highest BCUT2D eigenvalue weighted by Gasteiger charge is 2.36. The van der Waals surface area contributed by atoms with E-state index in [1.54, 1.807) is 0 Å². The molecule has 20 heavy (non-hydrogen) atoms. The van der Waals surface area contributed by atoms with Crippen molar-refractivity contribution in [1.29, 1.82) is 0 Å². The van der Waals surface area contributed by atoms with Gasteiger partial charge in [-0.3, -0.25) is 0 Å². The minimum atomic E-state index is -4.32. The van der Waals surface area contributed by atoms with Gasteiger partial charge in [-0.1, -0.05) is 18.3 Å². The molecule has 1 aromatic heterocycles. The normalized spacial score (nSPS) is 18.0. The predicted octanol–water partition coefficient (Wildman–Crippen LogP) is 5.06. The Morgan fingerprint density at radius 3 is 2.65 bits per heavy atom. The van der Waals surface area contributed by atoms with Crippen LogP contribution in [0.25, 0.3) is 10.2 Å². The quantitative estimate of drug-likeness (QED) is 0.857. The Kier molecular flexibility index (Phi) is 3.16. The number of anilines is 1. The van der Waals surface area contributed by atoms with Crippen molar-refractivity contribution in [3.05, 3.63) is 23.8 Å². The molecule has 0 amide bonds. The van der Waals surface area contributed by atoms with Gasteiger partial charge in [0.15, 0.2) is 5.13 Å². The Bertz CT molecular complexity index is 623. The first-order valence-corrected chi connectivity index (χ1v) is 7.49. The number of nitrogens with one attached hydrogen (secondary N) is 1. The van der Waals surface area contributed by atoms with Crippen LogP contribution in [0, 0.1) is 0 Å². The fourth-order valence-corrected chi connectivity index (χ4v) is 3.52. The molecule has 3 rings (SSSR count). The van der Waals surface area contributed by atoms with E-state index in [2.05, 4.69) is 17.2 Å². The predicted molar refractivity (Wildman–Crippen MR) is 75.1 cm³/mol. The summed E-state index contributed by atoms with van der Waals surface area (Å²) < 4.78 is 38.8. The van der Waals surface area contributed by atoms with Crippen molar-refractivity contribution in [2.45, 2.75) is 44.3 Å². The minimum absolute atomic E-state index is 0.0979. The Balaban J connectivity index is 1.91. The van der Waals surface area contributed by atoms with Gasteiger partial charge in [0.05, 0.1) is 15.8 Å². The van der Waals surface area contributed by atoms with E-state index in [1.807, 2.05) is 0 Å². The van der Waals surface area contributed by atoms with Crippen molar-refractivity contribution < 1.29 is 13.2 Å². The number of hydrogen-bond donors (Lipinski definition) is 1. The maximum Gasteiger partial charge on any atom is 0.416 e. The molecular weight excluding hydrogens is 285 g/mol. The first kappa shape index (κ1) is 13.7. The Labute approximate surface area is 119 Å². The molecule has 0 atom stereocenters. The number of hydrogen-bond acceptors (Lipinski definition) is 3. The maximum atomic E-state index is 12.7. The number of halogens is 3. The highest BCUT2D eigenvalue weighted by Crippen LogP contribution is 2.40. The first-order chi connectivity index (χ1) is 9.42. The fraction of sp³-hybridized carbons (Fsp3) is 0.500. The van der Waals surface area contributed by atoms with Gasteiger partial charge in [-0.25, -0.2) is 4.98 Å². The highest BCUT2D eigenvalue weighted by atomic mass is 32.1. The molecule has 0 radical (unpaired) electrons. The first-order valence-electron chi connectivity index (χ1n) is 6.68. The van der Waals surface area contributed by atoms with E-state index in [0.717, 1.165) is 41.2 Å². The van der Waals surface area contributed by atoms with Crippen LogP contribution in [0.1, 0.15) is 38.2 Å². The highest BCUT2D eigenvalue weighted by molar-refractivity contribution is 7.22. The molecule has 0 bridgehead atoms. The van der Waals surface area contributed by atoms with E-state index >= 15 is 0 Å². The van der Waals surface area contributed by atoms with Gasteiger partial charge >= 0.3 is 6.18 Å². The third-order valence-corrected chi connectivity index (χ3v) is 5.03. The van der Waals surface area contributed by atoms with E-state index < -0.39 is 11.7 Å². The molecule has 108 valence electrons. The average Bonchev–Trinajstić information content (AvgIpc) is 2.73. The van der Waals surface area contributed by atoms with Crippen LogP contribution in [-0.4, -0.2) is 10.5 Å². The van der Waals surface area contributed by atoms with E-state index in [4.69, 9.17) is 0 Å². The molecule has 2 aromatic rings. The van der Waals surface area contributed by atoms with Gasteiger partial charge in [-0.15, -0.1) is 0 Å². The molecule has 6 heteroatoms. The Morgan fingerprint density at radius 2 is 2.10 bits per heavy atom. The lowest BCUT2D eigenvalue weighted by atomic mass is 9.75. The SMILES string of the molecule is CCC1(Nc2nc3cc(C(F)(F)F)ccc3s2)CCC1. The standard InChI is InChI=1S/C14H15F3N2S/c1-2-13(6-3-7-13)19-12-18-10-8-9(14(15,16)17)4-5-11(10)20-12/h4-5,8H,2-3,6-7H2,1H3,(H,18,19). The zero-order chi connectivity index (χ0) is 14.4. The van der Waals surface area contributed by atoms with Gasteiger partial charge < -0.3 is 5.32 Å². The summed E-state index contributed by atoms with van der Waals surface area (Å²) in [6.45, 7) is 2.13. The van der Waals surface area contributed by atoms with E-state index in [-0.39, 0.29) is 5.54 Å². The number of thiazole rings is 1. The van der Waals surface area contributed by atoms with Crippen molar-refractivity contribution in [3.8, 4) is 0 Å². The van der Waals surface area contributed by atoms with Crippen molar-refractivity contribution in [2.75, 3.05) is 5.32 Å². The van der Waals surface area contributed by atoms with Crippen LogP contribution in [0.5, 0.6) is 0 Å². The molecule has 1 aliphatic carbocycles. The third-order valence-electron chi connectivity index (χ3n) is 4.07. The van der Waals surface area contributed by atoms with Gasteiger partial charge in [0.25, 0.3) is 0 Å². The third kappa shape index (κ3) is 2.37. The largest absolute Gasteiger partial charge is 0.416 e. The summed E-state index contributed by atoms with van der Waals surface area (Å²) in [5.41, 5.74) is -0.130. The summed E-state index contributed by atoms with van der Waals surface area (Å²) in [5, 5.41) is 4.14. The van der Waals surface area contributed by atoms with Gasteiger partial charge in [0.2, 0.25) is 0 Å². The van der Waals surface area contributed by atoms with Crippen LogP contribution in [0.15, 0.2) is 18.2 Å². The molecule has 0 unspecified atom stereocenters. The van der Waals surface area contributed by atoms with Crippen molar-refractivity contribution in [2.24, 2.45) is 0 Å². The summed E-state index contributed by atoms with van der Waals surface area (Å²) in [6, 6.07) is 3.74. The van der Waals surface area contributed by atoms with Gasteiger partial charge in [-0.05, 0) is 43.9 Å². The van der Waals surface area contributed by atoms with Crippen molar-refractivity contribution in [3.63, 3.8) is 0 Å². The van der Waals surface area contributed by atoms with Crippen LogP contribution in [0.4, 0.5) is 18.3 Å². The second-order valence-electron chi connectivity index (χ2n) is 5.31. The number of benzene rings is 1. The monoisotopic (exact) mass is 300 g/mol. The van der Waals surface area contributed by atoms with Crippen molar-refractivity contribution in [1.82, 2.24) is 4.98 Å². The van der Waals surface area contributed by atoms with Crippen molar-refractivity contribution >= 4 is 26.7 Å². The van der Waals surface area contributed by atoms with Gasteiger partial charge in [-0.2, -0.15) is 13.2 Å². The van der Waals surface area contributed by atoms with Gasteiger partial charge in [0.1, 0.15) is 0 Å². The molecular formula is C14H15F3N2S. The molecule has 2 nitrogen and oxygen atoms in total. The lowest BCUT2D eigenvalue weighted by molar-refractivity contribution is -0.137. The zero-order valence-electron chi connectivity index (χ0n) is 11.0. The second kappa shape index (κ2) is 4.62. The van der Waals surface area contributed by atoms with Crippen LogP contribution < -0.4 is 5.32 Å². The fourth-order valence-electron chi connectivity index (χ4n) is 2.55. The second-order valence-corrected chi connectivity index (χ2v) is 6.34. The molecule has 1 aliphatic rings.